The lowest BCUT2D eigenvalue weighted by Crippen LogP contribution is -2.47. The fourth-order valence-electron chi connectivity index (χ4n) is 2.25. The fourth-order valence-corrected chi connectivity index (χ4v) is 2.25. The normalized spacial score (nSPS) is 33.8. The number of halogens is 3. The van der Waals surface area contributed by atoms with Gasteiger partial charge in [-0.15, -0.1) is 0 Å². The molecule has 1 aliphatic carbocycles. The van der Waals surface area contributed by atoms with E-state index < -0.39 is 18.8 Å². The van der Waals surface area contributed by atoms with Crippen LogP contribution in [0.15, 0.2) is 0 Å². The summed E-state index contributed by atoms with van der Waals surface area (Å²) in [4.78, 5) is 0. The average molecular weight is 239 g/mol. The highest BCUT2D eigenvalue weighted by Gasteiger charge is 2.38. The first-order chi connectivity index (χ1) is 7.32. The van der Waals surface area contributed by atoms with E-state index in [9.17, 15) is 13.2 Å². The number of alkyl halides is 3. The largest absolute Gasteiger partial charge is 0.415 e. The van der Waals surface area contributed by atoms with Gasteiger partial charge in [0.15, 0.2) is 6.10 Å². The van der Waals surface area contributed by atoms with Crippen LogP contribution in [0.1, 0.15) is 33.1 Å². The molecule has 1 saturated carbocycles. The molecule has 0 aromatic carbocycles. The van der Waals surface area contributed by atoms with Crippen molar-refractivity contribution in [1.82, 2.24) is 5.32 Å². The molecule has 0 amide bonds. The average Bonchev–Trinajstić information content (AvgIpc) is 2.18. The zero-order valence-electron chi connectivity index (χ0n) is 9.72. The summed E-state index contributed by atoms with van der Waals surface area (Å²) in [5, 5.41) is 11.7. The minimum Gasteiger partial charge on any atom is -0.382 e. The second-order valence-electron chi connectivity index (χ2n) is 4.84. The van der Waals surface area contributed by atoms with Gasteiger partial charge < -0.3 is 10.4 Å². The van der Waals surface area contributed by atoms with Crippen molar-refractivity contribution < 1.29 is 18.3 Å². The second kappa shape index (κ2) is 5.36. The van der Waals surface area contributed by atoms with Crippen LogP contribution in [0, 0.1) is 11.8 Å². The van der Waals surface area contributed by atoms with Crippen LogP contribution < -0.4 is 5.32 Å². The highest BCUT2D eigenvalue weighted by atomic mass is 19.4. The summed E-state index contributed by atoms with van der Waals surface area (Å²) >= 11 is 0. The van der Waals surface area contributed by atoms with Crippen LogP contribution in [0.2, 0.25) is 0 Å². The molecule has 96 valence electrons. The molecule has 1 rings (SSSR count). The van der Waals surface area contributed by atoms with E-state index in [-0.39, 0.29) is 6.04 Å². The second-order valence-corrected chi connectivity index (χ2v) is 4.84. The molecule has 4 atom stereocenters. The molecule has 2 nitrogen and oxygen atoms in total. The first-order valence-electron chi connectivity index (χ1n) is 5.80. The maximum Gasteiger partial charge on any atom is 0.415 e. The Labute approximate surface area is 94.2 Å². The first-order valence-corrected chi connectivity index (χ1v) is 5.80. The van der Waals surface area contributed by atoms with Gasteiger partial charge in [-0.05, 0) is 18.3 Å². The van der Waals surface area contributed by atoms with E-state index in [2.05, 4.69) is 19.2 Å². The van der Waals surface area contributed by atoms with Crippen LogP contribution in [0.4, 0.5) is 13.2 Å². The van der Waals surface area contributed by atoms with Gasteiger partial charge in [-0.25, -0.2) is 0 Å². The van der Waals surface area contributed by atoms with Crippen molar-refractivity contribution in [3.05, 3.63) is 0 Å². The molecule has 1 aliphatic rings. The Morgan fingerprint density at radius 2 is 1.94 bits per heavy atom. The van der Waals surface area contributed by atoms with Crippen molar-refractivity contribution in [2.75, 3.05) is 6.54 Å². The quantitative estimate of drug-likeness (QED) is 0.792. The molecular weight excluding hydrogens is 219 g/mol. The minimum absolute atomic E-state index is 0.0979. The lowest BCUT2D eigenvalue weighted by molar-refractivity contribution is -0.202. The molecule has 0 aromatic rings. The maximum absolute atomic E-state index is 12.1. The molecule has 16 heavy (non-hydrogen) atoms. The number of nitrogens with one attached hydrogen (secondary N) is 1. The molecule has 2 N–H and O–H groups in total. The SMILES string of the molecule is CC1CCCC(NCC(O)C(F)(F)F)C1C. The van der Waals surface area contributed by atoms with Gasteiger partial charge in [-0.3, -0.25) is 0 Å². The van der Waals surface area contributed by atoms with E-state index in [1.165, 1.54) is 0 Å². The Hall–Kier alpha value is -0.290. The molecule has 1 fully saturated rings. The molecule has 0 spiro atoms. The van der Waals surface area contributed by atoms with Crippen molar-refractivity contribution in [3.8, 4) is 0 Å². The van der Waals surface area contributed by atoms with Gasteiger partial charge in [0.05, 0.1) is 0 Å². The summed E-state index contributed by atoms with van der Waals surface area (Å²) in [6.07, 6.45) is -3.68. The van der Waals surface area contributed by atoms with Crippen molar-refractivity contribution >= 4 is 0 Å². The van der Waals surface area contributed by atoms with Crippen LogP contribution in [-0.2, 0) is 0 Å². The molecule has 0 heterocycles. The standard InChI is InChI=1S/C11H20F3NO/c1-7-4-3-5-9(8(7)2)15-6-10(16)11(12,13)14/h7-10,15-16H,3-6H2,1-2H3. The van der Waals surface area contributed by atoms with Crippen molar-refractivity contribution in [2.24, 2.45) is 11.8 Å². The van der Waals surface area contributed by atoms with Gasteiger partial charge in [-0.1, -0.05) is 26.7 Å². The number of rotatable bonds is 3. The summed E-state index contributed by atoms with van der Waals surface area (Å²) in [5.41, 5.74) is 0. The lowest BCUT2D eigenvalue weighted by Gasteiger charge is -2.35. The van der Waals surface area contributed by atoms with Gasteiger partial charge in [0.1, 0.15) is 0 Å². The maximum atomic E-state index is 12.1. The van der Waals surface area contributed by atoms with Gasteiger partial charge in [-0.2, -0.15) is 13.2 Å². The number of hydrogen-bond donors (Lipinski definition) is 2. The van der Waals surface area contributed by atoms with Crippen LogP contribution in [0.25, 0.3) is 0 Å². The Balaban J connectivity index is 2.37. The molecule has 0 radical (unpaired) electrons. The van der Waals surface area contributed by atoms with E-state index in [0.29, 0.717) is 11.8 Å². The molecule has 4 unspecified atom stereocenters. The zero-order chi connectivity index (χ0) is 12.3. The van der Waals surface area contributed by atoms with E-state index in [1.807, 2.05) is 0 Å². The van der Waals surface area contributed by atoms with Crippen molar-refractivity contribution in [3.63, 3.8) is 0 Å². The van der Waals surface area contributed by atoms with Crippen LogP contribution in [0.3, 0.4) is 0 Å². The first kappa shape index (κ1) is 13.8. The summed E-state index contributed by atoms with van der Waals surface area (Å²) in [6, 6.07) is 0.0979. The van der Waals surface area contributed by atoms with Gasteiger partial charge in [0.25, 0.3) is 0 Å². The molecule has 5 heteroatoms. The highest BCUT2D eigenvalue weighted by molar-refractivity contribution is 4.83. The molecule has 0 aliphatic heterocycles. The zero-order valence-corrected chi connectivity index (χ0v) is 9.72. The Morgan fingerprint density at radius 3 is 2.50 bits per heavy atom. The number of hydrogen-bond acceptors (Lipinski definition) is 2. The van der Waals surface area contributed by atoms with Crippen molar-refractivity contribution in [2.45, 2.75) is 51.4 Å². The number of aliphatic hydroxyl groups is 1. The van der Waals surface area contributed by atoms with E-state index in [1.54, 1.807) is 0 Å². The highest BCUT2D eigenvalue weighted by Crippen LogP contribution is 2.29. The predicted molar refractivity (Wildman–Crippen MR) is 56.0 cm³/mol. The van der Waals surface area contributed by atoms with Gasteiger partial charge in [0, 0.05) is 12.6 Å². The molecule has 0 aromatic heterocycles. The van der Waals surface area contributed by atoms with E-state index >= 15 is 0 Å². The topological polar surface area (TPSA) is 32.3 Å². The van der Waals surface area contributed by atoms with Gasteiger partial charge >= 0.3 is 6.18 Å². The summed E-state index contributed by atoms with van der Waals surface area (Å²) in [5.74, 6) is 0.906. The van der Waals surface area contributed by atoms with Crippen LogP contribution in [0.5, 0.6) is 0 Å². The third-order valence-electron chi connectivity index (χ3n) is 3.66. The van der Waals surface area contributed by atoms with E-state index in [4.69, 9.17) is 5.11 Å². The Kier molecular flexibility index (Phi) is 4.62. The predicted octanol–water partition coefficient (Wildman–Crippen LogP) is 2.32. The summed E-state index contributed by atoms with van der Waals surface area (Å²) in [6.45, 7) is 3.78. The summed E-state index contributed by atoms with van der Waals surface area (Å²) < 4.78 is 36.3. The molecule has 0 bridgehead atoms. The Bertz CT molecular complexity index is 220. The summed E-state index contributed by atoms with van der Waals surface area (Å²) in [7, 11) is 0. The lowest BCUT2D eigenvalue weighted by atomic mass is 9.78. The molecular formula is C11H20F3NO. The monoisotopic (exact) mass is 239 g/mol. The minimum atomic E-state index is -4.52. The van der Waals surface area contributed by atoms with Crippen LogP contribution >= 0.6 is 0 Å². The Morgan fingerprint density at radius 1 is 1.31 bits per heavy atom. The fraction of sp³-hybridized carbons (Fsp3) is 1.00. The number of aliphatic hydroxyl groups excluding tert-OH is 1. The third-order valence-corrected chi connectivity index (χ3v) is 3.66. The van der Waals surface area contributed by atoms with Gasteiger partial charge in [0.2, 0.25) is 0 Å². The van der Waals surface area contributed by atoms with Crippen LogP contribution in [-0.4, -0.2) is 30.0 Å². The smallest absolute Gasteiger partial charge is 0.382 e. The van der Waals surface area contributed by atoms with E-state index in [0.717, 1.165) is 19.3 Å². The molecule has 0 saturated heterocycles. The third kappa shape index (κ3) is 3.63. The van der Waals surface area contributed by atoms with Crippen molar-refractivity contribution in [1.29, 1.82) is 0 Å².